The average molecular weight is 333 g/mol. The lowest BCUT2D eigenvalue weighted by molar-refractivity contribution is -0.131. The van der Waals surface area contributed by atoms with Crippen molar-refractivity contribution in [2.45, 2.75) is 26.2 Å². The molecule has 0 spiro atoms. The lowest BCUT2D eigenvalue weighted by Gasteiger charge is -2.15. The first kappa shape index (κ1) is 15.7. The molecule has 3 heterocycles. The zero-order chi connectivity index (χ0) is 16.2. The van der Waals surface area contributed by atoms with Crippen LogP contribution < -0.4 is 5.32 Å². The highest BCUT2D eigenvalue weighted by atomic mass is 32.1. The number of aryl methyl sites for hydroxylation is 1. The summed E-state index contributed by atoms with van der Waals surface area (Å²) >= 11 is 1.57. The van der Waals surface area contributed by atoms with Crippen molar-refractivity contribution in [1.29, 1.82) is 0 Å². The van der Waals surface area contributed by atoms with Crippen LogP contribution in [0.3, 0.4) is 0 Å². The zero-order valence-corrected chi connectivity index (χ0v) is 13.8. The van der Waals surface area contributed by atoms with E-state index in [1.807, 2.05) is 16.8 Å². The third kappa shape index (κ3) is 3.79. The van der Waals surface area contributed by atoms with E-state index < -0.39 is 0 Å². The lowest BCUT2D eigenvalue weighted by atomic mass is 10.2. The van der Waals surface area contributed by atoms with Crippen molar-refractivity contribution in [2.24, 2.45) is 0 Å². The first-order chi connectivity index (χ1) is 11.1. The number of likely N-dealkylation sites (tertiary alicyclic amines) is 1. The minimum atomic E-state index is -0.217. The maximum atomic E-state index is 12.0. The van der Waals surface area contributed by atoms with Gasteiger partial charge in [0.25, 0.3) is 0 Å². The number of hydrogen-bond donors (Lipinski definition) is 1. The molecule has 0 unspecified atom stereocenters. The van der Waals surface area contributed by atoms with Crippen LogP contribution in [0.1, 0.15) is 24.3 Å². The van der Waals surface area contributed by atoms with Gasteiger partial charge in [-0.05, 0) is 31.2 Å². The molecule has 7 heteroatoms. The summed E-state index contributed by atoms with van der Waals surface area (Å²) in [6.07, 6.45) is 2.21. The van der Waals surface area contributed by atoms with Gasteiger partial charge in [-0.2, -0.15) is 11.3 Å². The van der Waals surface area contributed by atoms with Crippen LogP contribution in [0.4, 0.5) is 0 Å². The summed E-state index contributed by atoms with van der Waals surface area (Å²) in [7, 11) is 0. The van der Waals surface area contributed by atoms with Crippen LogP contribution in [0.25, 0.3) is 11.5 Å². The van der Waals surface area contributed by atoms with Crippen molar-refractivity contribution in [1.82, 2.24) is 15.2 Å². The van der Waals surface area contributed by atoms with Crippen LogP contribution in [0, 0.1) is 6.92 Å². The van der Waals surface area contributed by atoms with E-state index in [9.17, 15) is 9.59 Å². The normalized spacial score (nSPS) is 14.2. The van der Waals surface area contributed by atoms with E-state index in [-0.39, 0.29) is 24.8 Å². The Morgan fingerprint density at radius 3 is 2.87 bits per heavy atom. The maximum absolute atomic E-state index is 12.0. The summed E-state index contributed by atoms with van der Waals surface area (Å²) in [5.41, 5.74) is 1.52. The molecule has 2 aromatic heterocycles. The number of aromatic nitrogens is 1. The third-order valence-corrected chi connectivity index (χ3v) is 4.57. The van der Waals surface area contributed by atoms with Crippen LogP contribution in [0.5, 0.6) is 0 Å². The molecular formula is C16H19N3O3S. The Bertz CT molecular complexity index is 687. The third-order valence-electron chi connectivity index (χ3n) is 3.88. The van der Waals surface area contributed by atoms with Crippen LogP contribution in [0.15, 0.2) is 21.2 Å². The number of carbonyl (C=O) groups excluding carboxylic acids is 2. The topological polar surface area (TPSA) is 75.4 Å². The van der Waals surface area contributed by atoms with Crippen molar-refractivity contribution >= 4 is 23.2 Å². The van der Waals surface area contributed by atoms with Gasteiger partial charge in [0.05, 0.1) is 18.7 Å². The second kappa shape index (κ2) is 6.95. The summed E-state index contributed by atoms with van der Waals surface area (Å²) in [5.74, 6) is 0.921. The average Bonchev–Trinajstić information content (AvgIpc) is 3.27. The van der Waals surface area contributed by atoms with E-state index in [0.29, 0.717) is 17.3 Å². The highest BCUT2D eigenvalue weighted by Crippen LogP contribution is 2.23. The number of nitrogens with one attached hydrogen (secondary N) is 1. The van der Waals surface area contributed by atoms with Crippen LogP contribution in [-0.2, 0) is 16.0 Å². The van der Waals surface area contributed by atoms with Gasteiger partial charge in [0.1, 0.15) is 5.76 Å². The van der Waals surface area contributed by atoms with Crippen LogP contribution in [-0.4, -0.2) is 41.3 Å². The van der Waals surface area contributed by atoms with Crippen molar-refractivity contribution in [2.75, 3.05) is 19.6 Å². The van der Waals surface area contributed by atoms with Crippen LogP contribution >= 0.6 is 11.3 Å². The number of amides is 2. The SMILES string of the molecule is Cc1oc(-c2ccsc2)nc1CC(=O)NCC(=O)N1CCCC1. The molecule has 1 aliphatic rings. The van der Waals surface area contributed by atoms with Gasteiger partial charge < -0.3 is 14.6 Å². The number of oxazole rings is 1. The Hall–Kier alpha value is -2.15. The van der Waals surface area contributed by atoms with Gasteiger partial charge in [-0.3, -0.25) is 9.59 Å². The largest absolute Gasteiger partial charge is 0.441 e. The maximum Gasteiger partial charge on any atom is 0.241 e. The number of thiophene rings is 1. The smallest absolute Gasteiger partial charge is 0.241 e. The molecule has 1 saturated heterocycles. The van der Waals surface area contributed by atoms with E-state index in [4.69, 9.17) is 4.42 Å². The van der Waals surface area contributed by atoms with Gasteiger partial charge in [0.2, 0.25) is 17.7 Å². The number of hydrogen-bond acceptors (Lipinski definition) is 5. The summed E-state index contributed by atoms with van der Waals surface area (Å²) in [4.78, 5) is 30.1. The molecule has 0 bridgehead atoms. The number of nitrogens with zero attached hydrogens (tertiary/aromatic N) is 2. The van der Waals surface area contributed by atoms with Crippen molar-refractivity contribution in [3.8, 4) is 11.5 Å². The first-order valence-corrected chi connectivity index (χ1v) is 8.61. The predicted octanol–water partition coefficient (Wildman–Crippen LogP) is 1.99. The van der Waals surface area contributed by atoms with Gasteiger partial charge in [0, 0.05) is 24.0 Å². The first-order valence-electron chi connectivity index (χ1n) is 7.67. The molecule has 122 valence electrons. The second-order valence-corrected chi connectivity index (χ2v) is 6.36. The standard InChI is InChI=1S/C16H19N3O3S/c1-11-13(18-16(22-11)12-4-7-23-10-12)8-14(20)17-9-15(21)19-5-2-3-6-19/h4,7,10H,2-3,5-6,8-9H2,1H3,(H,17,20). The monoisotopic (exact) mass is 333 g/mol. The zero-order valence-electron chi connectivity index (χ0n) is 13.0. The van der Waals surface area contributed by atoms with Gasteiger partial charge in [-0.1, -0.05) is 0 Å². The van der Waals surface area contributed by atoms with E-state index in [2.05, 4.69) is 10.3 Å². The van der Waals surface area contributed by atoms with Gasteiger partial charge >= 0.3 is 0 Å². The summed E-state index contributed by atoms with van der Waals surface area (Å²) in [6.45, 7) is 3.43. The molecule has 0 saturated carbocycles. The van der Waals surface area contributed by atoms with Crippen molar-refractivity contribution < 1.29 is 14.0 Å². The highest BCUT2D eigenvalue weighted by Gasteiger charge is 2.19. The van der Waals surface area contributed by atoms with E-state index in [1.54, 1.807) is 23.2 Å². The molecule has 0 radical (unpaired) electrons. The second-order valence-electron chi connectivity index (χ2n) is 5.58. The van der Waals surface area contributed by atoms with Crippen LogP contribution in [0.2, 0.25) is 0 Å². The summed E-state index contributed by atoms with van der Waals surface area (Å²) in [5, 5.41) is 6.57. The van der Waals surface area contributed by atoms with E-state index in [1.165, 1.54) is 0 Å². The molecule has 6 nitrogen and oxygen atoms in total. The summed E-state index contributed by atoms with van der Waals surface area (Å²) in [6, 6.07) is 1.93. The van der Waals surface area contributed by atoms with Crippen molar-refractivity contribution in [3.63, 3.8) is 0 Å². The molecule has 1 fully saturated rings. The molecule has 1 aliphatic heterocycles. The quantitative estimate of drug-likeness (QED) is 0.908. The fraction of sp³-hybridized carbons (Fsp3) is 0.438. The molecule has 0 atom stereocenters. The molecule has 2 aromatic rings. The molecule has 23 heavy (non-hydrogen) atoms. The van der Waals surface area contributed by atoms with Crippen molar-refractivity contribution in [3.05, 3.63) is 28.3 Å². The minimum Gasteiger partial charge on any atom is -0.441 e. The predicted molar refractivity (Wildman–Crippen MR) is 87.1 cm³/mol. The lowest BCUT2D eigenvalue weighted by Crippen LogP contribution is -2.39. The molecule has 1 N–H and O–H groups in total. The van der Waals surface area contributed by atoms with Gasteiger partial charge in [-0.15, -0.1) is 0 Å². The Labute approximate surface area is 138 Å². The molecule has 0 aromatic carbocycles. The highest BCUT2D eigenvalue weighted by molar-refractivity contribution is 7.08. The molecular weight excluding hydrogens is 314 g/mol. The molecule has 0 aliphatic carbocycles. The van der Waals surface area contributed by atoms with Gasteiger partial charge in [-0.25, -0.2) is 4.98 Å². The number of rotatable bonds is 5. The fourth-order valence-electron chi connectivity index (χ4n) is 2.57. The Balaban J connectivity index is 1.54. The molecule has 2 amide bonds. The summed E-state index contributed by atoms with van der Waals surface area (Å²) < 4.78 is 5.61. The van der Waals surface area contributed by atoms with Gasteiger partial charge in [0.15, 0.2) is 0 Å². The molecule has 3 rings (SSSR count). The van der Waals surface area contributed by atoms with E-state index in [0.717, 1.165) is 31.5 Å². The Kier molecular flexibility index (Phi) is 4.76. The van der Waals surface area contributed by atoms with E-state index >= 15 is 0 Å². The Morgan fingerprint density at radius 2 is 2.17 bits per heavy atom. The minimum absolute atomic E-state index is 0.0216. The Morgan fingerprint density at radius 1 is 1.39 bits per heavy atom. The number of carbonyl (C=O) groups is 2. The fourth-order valence-corrected chi connectivity index (χ4v) is 3.20.